The Labute approximate surface area is 110 Å². The van der Waals surface area contributed by atoms with Crippen molar-refractivity contribution in [2.24, 2.45) is 0 Å². The second-order valence-electron chi connectivity index (χ2n) is 4.64. The van der Waals surface area contributed by atoms with E-state index in [1.54, 1.807) is 11.5 Å². The summed E-state index contributed by atoms with van der Waals surface area (Å²) in [7, 11) is 0. The standard InChI is InChI=1S/C13H18F3NO2/c1-9-8-11(13(14,15)16)10(2)17(9)7-5-3-4-6-12(18)19/h8H,3-7H2,1-2H3,(H,18,19). The fraction of sp³-hybridized carbons (Fsp3) is 0.615. The molecule has 3 nitrogen and oxygen atoms in total. The summed E-state index contributed by atoms with van der Waals surface area (Å²) in [5, 5.41) is 8.48. The van der Waals surface area contributed by atoms with Crippen molar-refractivity contribution in [1.29, 1.82) is 0 Å². The first-order valence-corrected chi connectivity index (χ1v) is 6.19. The Bertz CT molecular complexity index is 449. The fourth-order valence-electron chi connectivity index (χ4n) is 2.16. The van der Waals surface area contributed by atoms with Gasteiger partial charge in [0.25, 0.3) is 0 Å². The average molecular weight is 277 g/mol. The lowest BCUT2D eigenvalue weighted by molar-refractivity contribution is -0.138. The molecule has 1 N–H and O–H groups in total. The Hall–Kier alpha value is -1.46. The number of carboxylic acid groups (broad SMARTS) is 1. The lowest BCUT2D eigenvalue weighted by Crippen LogP contribution is -2.08. The van der Waals surface area contributed by atoms with E-state index in [0.29, 0.717) is 31.5 Å². The maximum atomic E-state index is 12.7. The average Bonchev–Trinajstić information content (AvgIpc) is 2.55. The molecule has 1 rings (SSSR count). The van der Waals surface area contributed by atoms with Gasteiger partial charge in [0.05, 0.1) is 5.56 Å². The minimum Gasteiger partial charge on any atom is -0.481 e. The Balaban J connectivity index is 2.60. The van der Waals surface area contributed by atoms with Crippen molar-refractivity contribution in [1.82, 2.24) is 4.57 Å². The molecule has 0 aliphatic heterocycles. The monoisotopic (exact) mass is 277 g/mol. The van der Waals surface area contributed by atoms with Gasteiger partial charge < -0.3 is 9.67 Å². The van der Waals surface area contributed by atoms with E-state index in [2.05, 4.69) is 0 Å². The van der Waals surface area contributed by atoms with E-state index in [1.165, 1.54) is 6.92 Å². The maximum absolute atomic E-state index is 12.7. The van der Waals surface area contributed by atoms with E-state index in [4.69, 9.17) is 5.11 Å². The number of unbranched alkanes of at least 4 members (excludes halogenated alkanes) is 2. The van der Waals surface area contributed by atoms with Gasteiger partial charge in [-0.05, 0) is 32.8 Å². The highest BCUT2D eigenvalue weighted by Crippen LogP contribution is 2.33. The second-order valence-corrected chi connectivity index (χ2v) is 4.64. The van der Waals surface area contributed by atoms with Gasteiger partial charge in [-0.15, -0.1) is 0 Å². The summed E-state index contributed by atoms with van der Waals surface area (Å²) in [6.07, 6.45) is -2.27. The number of hydrogen-bond acceptors (Lipinski definition) is 1. The van der Waals surface area contributed by atoms with Crippen LogP contribution in [0.25, 0.3) is 0 Å². The topological polar surface area (TPSA) is 42.2 Å². The molecular weight excluding hydrogens is 259 g/mol. The van der Waals surface area contributed by atoms with Crippen molar-refractivity contribution in [3.63, 3.8) is 0 Å². The van der Waals surface area contributed by atoms with Crippen LogP contribution in [0.3, 0.4) is 0 Å². The Kier molecular flexibility index (Phi) is 5.03. The Morgan fingerprint density at radius 3 is 2.37 bits per heavy atom. The van der Waals surface area contributed by atoms with Crippen molar-refractivity contribution in [3.05, 3.63) is 23.0 Å². The lowest BCUT2D eigenvalue weighted by Gasteiger charge is -2.10. The van der Waals surface area contributed by atoms with E-state index >= 15 is 0 Å². The molecule has 0 spiro atoms. The number of carbonyl (C=O) groups is 1. The molecule has 108 valence electrons. The summed E-state index contributed by atoms with van der Waals surface area (Å²) in [6.45, 7) is 3.61. The number of aryl methyl sites for hydroxylation is 1. The molecule has 6 heteroatoms. The molecule has 0 aliphatic carbocycles. The summed E-state index contributed by atoms with van der Waals surface area (Å²) in [6, 6.07) is 1.16. The van der Waals surface area contributed by atoms with Crippen LogP contribution in [-0.4, -0.2) is 15.6 Å². The van der Waals surface area contributed by atoms with E-state index in [0.717, 1.165) is 6.07 Å². The first-order valence-electron chi connectivity index (χ1n) is 6.19. The van der Waals surface area contributed by atoms with Crippen molar-refractivity contribution < 1.29 is 23.1 Å². The van der Waals surface area contributed by atoms with Crippen LogP contribution in [0.2, 0.25) is 0 Å². The summed E-state index contributed by atoms with van der Waals surface area (Å²) < 4.78 is 39.7. The number of rotatable bonds is 6. The Morgan fingerprint density at radius 1 is 1.26 bits per heavy atom. The van der Waals surface area contributed by atoms with Gasteiger partial charge in [0.1, 0.15) is 0 Å². The molecule has 1 heterocycles. The van der Waals surface area contributed by atoms with Crippen molar-refractivity contribution in [2.75, 3.05) is 0 Å². The first kappa shape index (κ1) is 15.6. The van der Waals surface area contributed by atoms with Gasteiger partial charge in [0, 0.05) is 24.4 Å². The molecule has 1 aromatic heterocycles. The molecule has 0 aromatic carbocycles. The summed E-state index contributed by atoms with van der Waals surface area (Å²) >= 11 is 0. The van der Waals surface area contributed by atoms with Crippen LogP contribution in [0.15, 0.2) is 6.07 Å². The smallest absolute Gasteiger partial charge is 0.418 e. The third-order valence-corrected chi connectivity index (χ3v) is 3.15. The number of hydrogen-bond donors (Lipinski definition) is 1. The van der Waals surface area contributed by atoms with Gasteiger partial charge in [0.2, 0.25) is 0 Å². The van der Waals surface area contributed by atoms with Gasteiger partial charge >= 0.3 is 12.1 Å². The number of alkyl halides is 3. The van der Waals surface area contributed by atoms with Crippen LogP contribution in [0.5, 0.6) is 0 Å². The molecule has 0 atom stereocenters. The SMILES string of the molecule is Cc1cc(C(F)(F)F)c(C)n1CCCCCC(=O)O. The highest BCUT2D eigenvalue weighted by atomic mass is 19.4. The van der Waals surface area contributed by atoms with Gasteiger partial charge in [-0.25, -0.2) is 0 Å². The molecule has 1 aromatic rings. The van der Waals surface area contributed by atoms with Crippen LogP contribution in [0.4, 0.5) is 13.2 Å². The molecule has 0 saturated carbocycles. The van der Waals surface area contributed by atoms with E-state index in [1.807, 2.05) is 0 Å². The van der Waals surface area contributed by atoms with Crippen LogP contribution in [0.1, 0.15) is 42.6 Å². The zero-order valence-corrected chi connectivity index (χ0v) is 11.0. The second kappa shape index (κ2) is 6.12. The number of nitrogens with zero attached hydrogens (tertiary/aromatic N) is 1. The largest absolute Gasteiger partial charge is 0.481 e. The predicted octanol–water partition coefficient (Wildman–Crippen LogP) is 3.77. The Morgan fingerprint density at radius 2 is 1.89 bits per heavy atom. The molecule has 0 bridgehead atoms. The maximum Gasteiger partial charge on any atom is 0.418 e. The molecule has 0 aliphatic rings. The predicted molar refractivity (Wildman–Crippen MR) is 65.0 cm³/mol. The van der Waals surface area contributed by atoms with E-state index in [-0.39, 0.29) is 12.1 Å². The van der Waals surface area contributed by atoms with Gasteiger partial charge in [-0.3, -0.25) is 4.79 Å². The molecule has 0 radical (unpaired) electrons. The highest BCUT2D eigenvalue weighted by Gasteiger charge is 2.34. The van der Waals surface area contributed by atoms with Crippen molar-refractivity contribution in [2.45, 2.75) is 52.3 Å². The third kappa shape index (κ3) is 4.29. The summed E-state index contributed by atoms with van der Waals surface area (Å²) in [4.78, 5) is 10.3. The van der Waals surface area contributed by atoms with E-state index in [9.17, 15) is 18.0 Å². The third-order valence-electron chi connectivity index (χ3n) is 3.15. The molecule has 0 saturated heterocycles. The highest BCUT2D eigenvalue weighted by molar-refractivity contribution is 5.66. The molecule has 0 fully saturated rings. The van der Waals surface area contributed by atoms with Gasteiger partial charge in [-0.2, -0.15) is 13.2 Å². The van der Waals surface area contributed by atoms with Gasteiger partial charge in [0.15, 0.2) is 0 Å². The minimum absolute atomic E-state index is 0.109. The number of aromatic nitrogens is 1. The zero-order valence-electron chi connectivity index (χ0n) is 11.0. The molecular formula is C13H18F3NO2. The molecule has 19 heavy (non-hydrogen) atoms. The van der Waals surface area contributed by atoms with Crippen molar-refractivity contribution >= 4 is 5.97 Å². The normalized spacial score (nSPS) is 11.8. The summed E-state index contributed by atoms with van der Waals surface area (Å²) in [5.41, 5.74) is 0.224. The van der Waals surface area contributed by atoms with Crippen LogP contribution < -0.4 is 0 Å². The van der Waals surface area contributed by atoms with Crippen LogP contribution >= 0.6 is 0 Å². The number of halogens is 3. The number of aliphatic carboxylic acids is 1. The van der Waals surface area contributed by atoms with Crippen molar-refractivity contribution in [3.8, 4) is 0 Å². The lowest BCUT2D eigenvalue weighted by atomic mass is 10.2. The quantitative estimate of drug-likeness (QED) is 0.804. The summed E-state index contributed by atoms with van der Waals surface area (Å²) in [5.74, 6) is -0.840. The first-order chi connectivity index (χ1) is 8.73. The fourth-order valence-corrected chi connectivity index (χ4v) is 2.16. The zero-order chi connectivity index (χ0) is 14.6. The van der Waals surface area contributed by atoms with Crippen LogP contribution in [-0.2, 0) is 17.5 Å². The minimum atomic E-state index is -4.32. The molecule has 0 unspecified atom stereocenters. The van der Waals surface area contributed by atoms with E-state index < -0.39 is 17.7 Å². The molecule has 0 amide bonds. The number of carboxylic acids is 1. The van der Waals surface area contributed by atoms with Crippen LogP contribution in [0, 0.1) is 13.8 Å². The van der Waals surface area contributed by atoms with Gasteiger partial charge in [-0.1, -0.05) is 6.42 Å².